The van der Waals surface area contributed by atoms with Crippen molar-refractivity contribution < 1.29 is 0 Å². The lowest BCUT2D eigenvalue weighted by atomic mass is 9.90. The SMILES string of the molecule is CC(C)NC(=S)N[C@H]1CCCC[C@@H]1N(C)C. The molecule has 16 heavy (non-hydrogen) atoms. The van der Waals surface area contributed by atoms with Crippen LogP contribution in [0.25, 0.3) is 0 Å². The first-order valence-electron chi connectivity index (χ1n) is 6.24. The molecule has 1 aliphatic rings. The van der Waals surface area contributed by atoms with Gasteiger partial charge in [-0.1, -0.05) is 12.8 Å². The molecule has 0 aromatic rings. The number of rotatable bonds is 3. The molecule has 3 nitrogen and oxygen atoms in total. The minimum absolute atomic E-state index is 0.404. The summed E-state index contributed by atoms with van der Waals surface area (Å²) in [4.78, 5) is 2.31. The van der Waals surface area contributed by atoms with Crippen LogP contribution in [0.5, 0.6) is 0 Å². The number of thiocarbonyl (C=S) groups is 1. The minimum Gasteiger partial charge on any atom is -0.361 e. The molecule has 0 aromatic carbocycles. The van der Waals surface area contributed by atoms with Crippen LogP contribution in [0.4, 0.5) is 0 Å². The number of nitrogens with zero attached hydrogens (tertiary/aromatic N) is 1. The van der Waals surface area contributed by atoms with Crippen LogP contribution in [-0.4, -0.2) is 42.2 Å². The zero-order valence-corrected chi connectivity index (χ0v) is 11.7. The molecule has 0 aromatic heterocycles. The van der Waals surface area contributed by atoms with E-state index < -0.39 is 0 Å². The van der Waals surface area contributed by atoms with Gasteiger partial charge in [-0.25, -0.2) is 0 Å². The van der Waals surface area contributed by atoms with Gasteiger partial charge in [0.05, 0.1) is 0 Å². The third kappa shape index (κ3) is 4.26. The monoisotopic (exact) mass is 243 g/mol. The van der Waals surface area contributed by atoms with Crippen LogP contribution in [0.2, 0.25) is 0 Å². The molecule has 1 saturated carbocycles. The third-order valence-corrected chi connectivity index (χ3v) is 3.36. The lowest BCUT2D eigenvalue weighted by Gasteiger charge is -2.37. The fourth-order valence-corrected chi connectivity index (χ4v) is 2.76. The van der Waals surface area contributed by atoms with Gasteiger partial charge in [-0.05, 0) is 53.0 Å². The second-order valence-electron chi connectivity index (χ2n) is 5.19. The molecule has 0 saturated heterocycles. The Morgan fingerprint density at radius 3 is 2.44 bits per heavy atom. The molecule has 0 unspecified atom stereocenters. The van der Waals surface area contributed by atoms with Crippen LogP contribution in [0.3, 0.4) is 0 Å². The molecule has 0 aliphatic heterocycles. The standard InChI is InChI=1S/C12H25N3S/c1-9(2)13-12(16)14-10-7-5-6-8-11(10)15(3)4/h9-11H,5-8H2,1-4H3,(H2,13,14,16)/t10-,11-/m0/s1. The highest BCUT2D eigenvalue weighted by atomic mass is 32.1. The van der Waals surface area contributed by atoms with Crippen LogP contribution in [0.15, 0.2) is 0 Å². The summed E-state index contributed by atoms with van der Waals surface area (Å²) in [6.07, 6.45) is 5.15. The second-order valence-corrected chi connectivity index (χ2v) is 5.60. The first-order chi connectivity index (χ1) is 7.50. The summed E-state index contributed by atoms with van der Waals surface area (Å²) in [5, 5.41) is 7.51. The molecule has 2 N–H and O–H groups in total. The van der Waals surface area contributed by atoms with E-state index in [2.05, 4.69) is 43.5 Å². The van der Waals surface area contributed by atoms with Gasteiger partial charge in [0.2, 0.25) is 0 Å². The van der Waals surface area contributed by atoms with Crippen molar-refractivity contribution in [3.05, 3.63) is 0 Å². The molecule has 0 heterocycles. The van der Waals surface area contributed by atoms with E-state index in [1.807, 2.05) is 0 Å². The van der Waals surface area contributed by atoms with Crippen molar-refractivity contribution in [1.29, 1.82) is 0 Å². The second kappa shape index (κ2) is 6.40. The maximum absolute atomic E-state index is 5.31. The lowest BCUT2D eigenvalue weighted by Crippen LogP contribution is -2.54. The highest BCUT2D eigenvalue weighted by Gasteiger charge is 2.26. The van der Waals surface area contributed by atoms with Crippen LogP contribution >= 0.6 is 12.2 Å². The fourth-order valence-electron chi connectivity index (χ4n) is 2.37. The Morgan fingerprint density at radius 1 is 1.25 bits per heavy atom. The summed E-state index contributed by atoms with van der Waals surface area (Å²) in [5.74, 6) is 0. The normalized spacial score (nSPS) is 25.9. The van der Waals surface area contributed by atoms with Crippen LogP contribution < -0.4 is 10.6 Å². The molecular formula is C12H25N3S. The van der Waals surface area contributed by atoms with E-state index in [1.54, 1.807) is 0 Å². The predicted octanol–water partition coefficient (Wildman–Crippen LogP) is 1.73. The molecule has 0 bridgehead atoms. The average Bonchev–Trinajstić information content (AvgIpc) is 2.16. The largest absolute Gasteiger partial charge is 0.361 e. The smallest absolute Gasteiger partial charge is 0.166 e. The first-order valence-corrected chi connectivity index (χ1v) is 6.65. The zero-order chi connectivity index (χ0) is 12.1. The number of nitrogens with one attached hydrogen (secondary N) is 2. The Bertz CT molecular complexity index is 228. The highest BCUT2D eigenvalue weighted by molar-refractivity contribution is 7.80. The maximum atomic E-state index is 5.31. The van der Waals surface area contributed by atoms with Gasteiger partial charge in [-0.15, -0.1) is 0 Å². The first kappa shape index (κ1) is 13.7. The summed E-state index contributed by atoms with van der Waals surface area (Å²) in [5.41, 5.74) is 0. The highest BCUT2D eigenvalue weighted by Crippen LogP contribution is 2.21. The molecule has 2 atom stereocenters. The van der Waals surface area contributed by atoms with E-state index in [1.165, 1.54) is 25.7 Å². The molecule has 0 spiro atoms. The van der Waals surface area contributed by atoms with Crippen molar-refractivity contribution in [3.63, 3.8) is 0 Å². The van der Waals surface area contributed by atoms with Crippen molar-refractivity contribution in [2.24, 2.45) is 0 Å². The van der Waals surface area contributed by atoms with Gasteiger partial charge in [-0.3, -0.25) is 0 Å². The maximum Gasteiger partial charge on any atom is 0.166 e. The van der Waals surface area contributed by atoms with Crippen LogP contribution in [0.1, 0.15) is 39.5 Å². The Balaban J connectivity index is 2.46. The molecule has 0 radical (unpaired) electrons. The Hall–Kier alpha value is -0.350. The Kier molecular flexibility index (Phi) is 5.49. The Morgan fingerprint density at radius 2 is 1.88 bits per heavy atom. The van der Waals surface area contributed by atoms with Crippen molar-refractivity contribution in [2.45, 2.75) is 57.7 Å². The van der Waals surface area contributed by atoms with Crippen LogP contribution in [0, 0.1) is 0 Å². The van der Waals surface area contributed by atoms with Crippen molar-refractivity contribution >= 4 is 17.3 Å². The summed E-state index contributed by atoms with van der Waals surface area (Å²) in [7, 11) is 4.31. The van der Waals surface area contributed by atoms with E-state index in [4.69, 9.17) is 12.2 Å². The summed E-state index contributed by atoms with van der Waals surface area (Å²) >= 11 is 5.31. The summed E-state index contributed by atoms with van der Waals surface area (Å²) in [6.45, 7) is 4.22. The summed E-state index contributed by atoms with van der Waals surface area (Å²) < 4.78 is 0. The molecule has 0 amide bonds. The van der Waals surface area contributed by atoms with Gasteiger partial charge < -0.3 is 15.5 Å². The van der Waals surface area contributed by atoms with Gasteiger partial charge in [0.1, 0.15) is 0 Å². The van der Waals surface area contributed by atoms with E-state index in [-0.39, 0.29) is 0 Å². The molecular weight excluding hydrogens is 218 g/mol. The minimum atomic E-state index is 0.404. The van der Waals surface area contributed by atoms with E-state index in [9.17, 15) is 0 Å². The van der Waals surface area contributed by atoms with Crippen molar-refractivity contribution in [1.82, 2.24) is 15.5 Å². The number of hydrogen-bond acceptors (Lipinski definition) is 2. The molecule has 1 aliphatic carbocycles. The predicted molar refractivity (Wildman–Crippen MR) is 73.7 cm³/mol. The van der Waals surface area contributed by atoms with Gasteiger partial charge >= 0.3 is 0 Å². The van der Waals surface area contributed by atoms with E-state index in [0.29, 0.717) is 18.1 Å². The third-order valence-electron chi connectivity index (χ3n) is 3.13. The van der Waals surface area contributed by atoms with Crippen molar-refractivity contribution in [3.8, 4) is 0 Å². The summed E-state index contributed by atoms with van der Waals surface area (Å²) in [6, 6.07) is 1.52. The fraction of sp³-hybridized carbons (Fsp3) is 0.917. The molecule has 94 valence electrons. The lowest BCUT2D eigenvalue weighted by molar-refractivity contribution is 0.189. The average molecular weight is 243 g/mol. The van der Waals surface area contributed by atoms with E-state index in [0.717, 1.165) is 5.11 Å². The molecule has 1 rings (SSSR count). The van der Waals surface area contributed by atoms with Crippen molar-refractivity contribution in [2.75, 3.05) is 14.1 Å². The van der Waals surface area contributed by atoms with Gasteiger partial charge in [-0.2, -0.15) is 0 Å². The number of hydrogen-bond donors (Lipinski definition) is 2. The molecule has 4 heteroatoms. The van der Waals surface area contributed by atoms with Gasteiger partial charge in [0, 0.05) is 18.1 Å². The van der Waals surface area contributed by atoms with Gasteiger partial charge in [0.15, 0.2) is 5.11 Å². The zero-order valence-electron chi connectivity index (χ0n) is 10.9. The number of likely N-dealkylation sites (N-methyl/N-ethyl adjacent to an activating group) is 1. The topological polar surface area (TPSA) is 27.3 Å². The van der Waals surface area contributed by atoms with Crippen LogP contribution in [-0.2, 0) is 0 Å². The van der Waals surface area contributed by atoms with E-state index >= 15 is 0 Å². The van der Waals surface area contributed by atoms with Gasteiger partial charge in [0.25, 0.3) is 0 Å². The Labute approximate surface area is 105 Å². The molecule has 1 fully saturated rings. The quantitative estimate of drug-likeness (QED) is 0.738.